The van der Waals surface area contributed by atoms with Gasteiger partial charge in [-0.25, -0.2) is 14.4 Å². The van der Waals surface area contributed by atoms with Gasteiger partial charge in [0.25, 0.3) is 0 Å². The van der Waals surface area contributed by atoms with Crippen molar-refractivity contribution < 1.29 is 4.39 Å². The zero-order valence-corrected chi connectivity index (χ0v) is 19.0. The van der Waals surface area contributed by atoms with Crippen molar-refractivity contribution in [3.8, 4) is 0 Å². The number of halogens is 2. The van der Waals surface area contributed by atoms with E-state index in [-0.39, 0.29) is 35.2 Å². The van der Waals surface area contributed by atoms with Crippen molar-refractivity contribution in [1.82, 2.24) is 15.6 Å². The summed E-state index contributed by atoms with van der Waals surface area (Å²) in [6.45, 7) is 10.3. The molecule has 0 aliphatic rings. The van der Waals surface area contributed by atoms with Crippen molar-refractivity contribution >= 4 is 41.3 Å². The Morgan fingerprint density at radius 3 is 2.65 bits per heavy atom. The Kier molecular flexibility index (Phi) is 9.49. The number of nitrogens with zero attached hydrogens (tertiary/aromatic N) is 2. The molecule has 26 heavy (non-hydrogen) atoms. The average Bonchev–Trinajstić information content (AvgIpc) is 3.05. The standard InChI is InChI=1S/C19H27FN4S.HI/c1-5-16-11-22-17(25-16)12-23-18(21-6-2)24-13-19(3,4)14-8-7-9-15(20)10-14;/h7-11H,5-6,12-13H2,1-4H3,(H2,21,23,24);1H. The van der Waals surface area contributed by atoms with Gasteiger partial charge in [-0.05, 0) is 31.0 Å². The Morgan fingerprint density at radius 2 is 2.04 bits per heavy atom. The molecule has 2 N–H and O–H groups in total. The first kappa shape index (κ1) is 22.8. The Bertz CT molecular complexity index is 715. The highest BCUT2D eigenvalue weighted by Gasteiger charge is 2.21. The van der Waals surface area contributed by atoms with Gasteiger partial charge in [-0.3, -0.25) is 0 Å². The molecule has 1 heterocycles. The molecule has 144 valence electrons. The van der Waals surface area contributed by atoms with Crippen molar-refractivity contribution in [2.45, 2.75) is 46.1 Å². The molecule has 1 aromatic carbocycles. The molecule has 0 amide bonds. The average molecular weight is 490 g/mol. The van der Waals surface area contributed by atoms with Gasteiger partial charge < -0.3 is 10.6 Å². The van der Waals surface area contributed by atoms with Crippen LogP contribution in [0.4, 0.5) is 4.39 Å². The number of aryl methyl sites for hydroxylation is 1. The van der Waals surface area contributed by atoms with Crippen LogP contribution in [0.5, 0.6) is 0 Å². The second-order valence-electron chi connectivity index (χ2n) is 6.52. The van der Waals surface area contributed by atoms with Gasteiger partial charge in [0.05, 0.1) is 6.54 Å². The van der Waals surface area contributed by atoms with Crippen LogP contribution in [0.25, 0.3) is 0 Å². The first-order valence-corrected chi connectivity index (χ1v) is 9.48. The fourth-order valence-electron chi connectivity index (χ4n) is 2.39. The molecule has 1 aromatic heterocycles. The van der Waals surface area contributed by atoms with E-state index in [1.165, 1.54) is 10.9 Å². The lowest BCUT2D eigenvalue weighted by molar-refractivity contribution is 0.503. The third-order valence-corrected chi connectivity index (χ3v) is 5.10. The van der Waals surface area contributed by atoms with E-state index < -0.39 is 0 Å². The maximum Gasteiger partial charge on any atom is 0.191 e. The van der Waals surface area contributed by atoms with Crippen LogP contribution >= 0.6 is 35.3 Å². The lowest BCUT2D eigenvalue weighted by atomic mass is 9.84. The van der Waals surface area contributed by atoms with Crippen molar-refractivity contribution in [2.75, 3.05) is 13.1 Å². The molecule has 4 nitrogen and oxygen atoms in total. The van der Waals surface area contributed by atoms with E-state index in [2.05, 4.69) is 41.4 Å². The number of aliphatic imine (C=N–C) groups is 1. The fourth-order valence-corrected chi connectivity index (χ4v) is 3.18. The van der Waals surface area contributed by atoms with E-state index in [1.807, 2.05) is 19.2 Å². The molecule has 0 unspecified atom stereocenters. The minimum atomic E-state index is -0.213. The zero-order chi connectivity index (χ0) is 18.3. The summed E-state index contributed by atoms with van der Waals surface area (Å²) in [4.78, 5) is 10.3. The maximum atomic E-state index is 13.5. The highest BCUT2D eigenvalue weighted by molar-refractivity contribution is 14.0. The summed E-state index contributed by atoms with van der Waals surface area (Å²) in [6.07, 6.45) is 2.92. The highest BCUT2D eigenvalue weighted by atomic mass is 127. The highest BCUT2D eigenvalue weighted by Crippen LogP contribution is 2.22. The largest absolute Gasteiger partial charge is 0.357 e. The Hall–Kier alpha value is -1.22. The molecular formula is C19H28FIN4S. The third-order valence-electron chi connectivity index (χ3n) is 3.97. The number of thiazole rings is 1. The third kappa shape index (κ3) is 6.83. The SMILES string of the molecule is CCNC(=NCc1ncc(CC)s1)NCC(C)(C)c1cccc(F)c1.I. The molecule has 0 radical (unpaired) electrons. The number of guanidine groups is 1. The van der Waals surface area contributed by atoms with Crippen molar-refractivity contribution in [3.63, 3.8) is 0 Å². The van der Waals surface area contributed by atoms with Crippen molar-refractivity contribution in [3.05, 3.63) is 51.7 Å². The molecule has 0 atom stereocenters. The quantitative estimate of drug-likeness (QED) is 0.342. The van der Waals surface area contributed by atoms with Crippen LogP contribution < -0.4 is 10.6 Å². The topological polar surface area (TPSA) is 49.3 Å². The number of benzene rings is 1. The van der Waals surface area contributed by atoms with E-state index >= 15 is 0 Å². The molecule has 2 rings (SSSR count). The smallest absolute Gasteiger partial charge is 0.191 e. The molecule has 0 aliphatic carbocycles. The van der Waals surface area contributed by atoms with Gasteiger partial charge in [-0.2, -0.15) is 0 Å². The zero-order valence-electron chi connectivity index (χ0n) is 15.8. The lowest BCUT2D eigenvalue weighted by Crippen LogP contribution is -2.43. The molecule has 7 heteroatoms. The summed E-state index contributed by atoms with van der Waals surface area (Å²) in [5.41, 5.74) is 0.748. The summed E-state index contributed by atoms with van der Waals surface area (Å²) in [7, 11) is 0. The van der Waals surface area contributed by atoms with E-state index in [4.69, 9.17) is 0 Å². The molecule has 0 bridgehead atoms. The van der Waals surface area contributed by atoms with Gasteiger partial charge in [0.2, 0.25) is 0 Å². The summed E-state index contributed by atoms with van der Waals surface area (Å²) >= 11 is 1.70. The number of hydrogen-bond donors (Lipinski definition) is 2. The van der Waals surface area contributed by atoms with E-state index in [0.717, 1.165) is 29.5 Å². The molecule has 0 aliphatic heterocycles. The number of rotatable bonds is 7. The molecule has 0 saturated heterocycles. The van der Waals surface area contributed by atoms with Crippen LogP contribution in [0.15, 0.2) is 35.5 Å². The van der Waals surface area contributed by atoms with E-state index in [9.17, 15) is 4.39 Å². The Morgan fingerprint density at radius 1 is 1.27 bits per heavy atom. The van der Waals surface area contributed by atoms with Crippen LogP contribution in [0, 0.1) is 5.82 Å². The molecule has 2 aromatic rings. The summed E-state index contributed by atoms with van der Waals surface area (Å²) in [6, 6.07) is 6.76. The van der Waals surface area contributed by atoms with Crippen LogP contribution in [-0.4, -0.2) is 24.0 Å². The van der Waals surface area contributed by atoms with Crippen LogP contribution in [0.2, 0.25) is 0 Å². The second-order valence-corrected chi connectivity index (χ2v) is 7.72. The summed E-state index contributed by atoms with van der Waals surface area (Å²) in [5, 5.41) is 7.63. The van der Waals surface area contributed by atoms with Gasteiger partial charge in [0.15, 0.2) is 5.96 Å². The monoisotopic (exact) mass is 490 g/mol. The van der Waals surface area contributed by atoms with Gasteiger partial charge in [0.1, 0.15) is 10.8 Å². The van der Waals surface area contributed by atoms with Gasteiger partial charge in [-0.1, -0.05) is 32.9 Å². The lowest BCUT2D eigenvalue weighted by Gasteiger charge is -2.26. The van der Waals surface area contributed by atoms with Crippen molar-refractivity contribution in [2.24, 2.45) is 4.99 Å². The minimum absolute atomic E-state index is 0. The second kappa shape index (κ2) is 10.8. The first-order valence-electron chi connectivity index (χ1n) is 8.66. The molecule has 0 spiro atoms. The van der Waals surface area contributed by atoms with Crippen LogP contribution in [-0.2, 0) is 18.4 Å². The Balaban J connectivity index is 0.00000338. The fraction of sp³-hybridized carbons (Fsp3) is 0.474. The normalized spacial score (nSPS) is 11.8. The minimum Gasteiger partial charge on any atom is -0.357 e. The van der Waals surface area contributed by atoms with Gasteiger partial charge in [0, 0.05) is 29.6 Å². The predicted molar refractivity (Wildman–Crippen MR) is 119 cm³/mol. The summed E-state index contributed by atoms with van der Waals surface area (Å²) in [5.74, 6) is 0.543. The van der Waals surface area contributed by atoms with Crippen LogP contribution in [0.1, 0.15) is 43.1 Å². The summed E-state index contributed by atoms with van der Waals surface area (Å²) < 4.78 is 13.5. The predicted octanol–water partition coefficient (Wildman–Crippen LogP) is 4.50. The van der Waals surface area contributed by atoms with Gasteiger partial charge >= 0.3 is 0 Å². The molecular weight excluding hydrogens is 462 g/mol. The first-order chi connectivity index (χ1) is 11.9. The van der Waals surface area contributed by atoms with Crippen LogP contribution in [0.3, 0.4) is 0 Å². The number of hydrogen-bond acceptors (Lipinski definition) is 3. The van der Waals surface area contributed by atoms with Crippen molar-refractivity contribution in [1.29, 1.82) is 0 Å². The van der Waals surface area contributed by atoms with Gasteiger partial charge in [-0.15, -0.1) is 35.3 Å². The molecule has 0 saturated carbocycles. The number of aromatic nitrogens is 1. The van der Waals surface area contributed by atoms with E-state index in [1.54, 1.807) is 23.5 Å². The number of nitrogens with one attached hydrogen (secondary N) is 2. The molecule has 0 fully saturated rings. The van der Waals surface area contributed by atoms with E-state index in [0.29, 0.717) is 13.1 Å². The Labute approximate surface area is 176 Å². The maximum absolute atomic E-state index is 13.5.